The number of nitrogens with zero attached hydrogens (tertiary/aromatic N) is 2. The fourth-order valence-corrected chi connectivity index (χ4v) is 2.77. The maximum absolute atomic E-state index is 9.49. The number of aromatic nitrogens is 2. The van der Waals surface area contributed by atoms with E-state index in [1.165, 1.54) is 0 Å². The fourth-order valence-electron chi connectivity index (χ4n) is 1.44. The summed E-state index contributed by atoms with van der Waals surface area (Å²) in [4.78, 5) is 9.68. The van der Waals surface area contributed by atoms with Gasteiger partial charge >= 0.3 is 0 Å². The average Bonchev–Trinajstić information content (AvgIpc) is 2.64. The van der Waals surface area contributed by atoms with Crippen LogP contribution < -0.4 is 0 Å². The summed E-state index contributed by atoms with van der Waals surface area (Å²) >= 11 is 5.00. The summed E-state index contributed by atoms with van der Waals surface area (Å²) < 4.78 is 1.06. The first-order valence-electron chi connectivity index (χ1n) is 4.85. The van der Waals surface area contributed by atoms with Crippen LogP contribution >= 0.6 is 27.3 Å². The first-order valence-corrected chi connectivity index (χ1v) is 6.46. The molecule has 0 aromatic carbocycles. The number of halogens is 1. The van der Waals surface area contributed by atoms with Gasteiger partial charge in [0.05, 0.1) is 14.8 Å². The largest absolute Gasteiger partial charge is 0.389 e. The molecule has 1 atom stereocenters. The van der Waals surface area contributed by atoms with Crippen molar-refractivity contribution in [1.29, 1.82) is 0 Å². The molecule has 16 heavy (non-hydrogen) atoms. The van der Waals surface area contributed by atoms with Crippen molar-refractivity contribution in [2.24, 2.45) is 0 Å². The van der Waals surface area contributed by atoms with E-state index in [0.29, 0.717) is 5.82 Å². The summed E-state index contributed by atoms with van der Waals surface area (Å²) in [5.74, 6) is 0.706. The molecule has 0 saturated carbocycles. The van der Waals surface area contributed by atoms with Crippen molar-refractivity contribution < 1.29 is 5.11 Å². The molecule has 3 nitrogen and oxygen atoms in total. The van der Waals surface area contributed by atoms with Crippen LogP contribution in [-0.2, 0) is 0 Å². The molecule has 1 unspecified atom stereocenters. The van der Waals surface area contributed by atoms with Gasteiger partial charge in [0.1, 0.15) is 0 Å². The zero-order chi connectivity index (χ0) is 11.7. The van der Waals surface area contributed by atoms with Crippen LogP contribution in [0.4, 0.5) is 0 Å². The number of aryl methyl sites for hydroxylation is 1. The Morgan fingerprint density at radius 2 is 2.19 bits per heavy atom. The molecule has 2 aromatic rings. The van der Waals surface area contributed by atoms with Crippen LogP contribution in [0.2, 0.25) is 0 Å². The van der Waals surface area contributed by atoms with Gasteiger partial charge in [0.2, 0.25) is 0 Å². The van der Waals surface area contributed by atoms with Crippen molar-refractivity contribution in [3.8, 4) is 10.7 Å². The molecular weight excluding hydrogens is 288 g/mol. The first kappa shape index (κ1) is 11.7. The smallest absolute Gasteiger partial charge is 0.169 e. The van der Waals surface area contributed by atoms with E-state index in [4.69, 9.17) is 0 Å². The first-order chi connectivity index (χ1) is 7.58. The Kier molecular flexibility index (Phi) is 3.37. The van der Waals surface area contributed by atoms with Gasteiger partial charge in [0.25, 0.3) is 0 Å². The molecule has 0 bridgehead atoms. The van der Waals surface area contributed by atoms with Crippen molar-refractivity contribution >= 4 is 27.3 Å². The van der Waals surface area contributed by atoms with E-state index < -0.39 is 6.10 Å². The van der Waals surface area contributed by atoms with E-state index in [1.807, 2.05) is 19.1 Å². The number of hydrogen-bond donors (Lipinski definition) is 1. The summed E-state index contributed by atoms with van der Waals surface area (Å²) in [6.07, 6.45) is 1.17. The molecule has 2 aromatic heterocycles. The van der Waals surface area contributed by atoms with E-state index in [1.54, 1.807) is 24.5 Å². The highest BCUT2D eigenvalue weighted by Gasteiger charge is 2.10. The van der Waals surface area contributed by atoms with Crippen LogP contribution in [0.3, 0.4) is 0 Å². The summed E-state index contributed by atoms with van der Waals surface area (Å²) in [6.45, 7) is 3.60. The zero-order valence-electron chi connectivity index (χ0n) is 8.94. The summed E-state index contributed by atoms with van der Waals surface area (Å²) in [5.41, 5.74) is 1.60. The van der Waals surface area contributed by atoms with Gasteiger partial charge in [-0.2, -0.15) is 0 Å². The van der Waals surface area contributed by atoms with Crippen molar-refractivity contribution in [1.82, 2.24) is 9.97 Å². The molecule has 0 amide bonds. The van der Waals surface area contributed by atoms with Crippen LogP contribution in [0.5, 0.6) is 0 Å². The fraction of sp³-hybridized carbons (Fsp3) is 0.273. The predicted octanol–water partition coefficient (Wildman–Crippen LogP) is 3.33. The van der Waals surface area contributed by atoms with E-state index in [-0.39, 0.29) is 0 Å². The SMILES string of the molecule is Cc1nc(-c2ccc(Br)s2)ncc1C(C)O. The third-order valence-corrected chi connectivity index (χ3v) is 3.88. The maximum Gasteiger partial charge on any atom is 0.169 e. The lowest BCUT2D eigenvalue weighted by molar-refractivity contribution is 0.197. The highest BCUT2D eigenvalue weighted by atomic mass is 79.9. The minimum absolute atomic E-state index is 0.524. The molecule has 0 aliphatic carbocycles. The molecule has 0 radical (unpaired) electrons. The minimum Gasteiger partial charge on any atom is -0.389 e. The Labute approximate surface area is 106 Å². The molecule has 1 N–H and O–H groups in total. The molecule has 2 rings (SSSR count). The van der Waals surface area contributed by atoms with Gasteiger partial charge in [-0.1, -0.05) is 0 Å². The minimum atomic E-state index is -0.524. The van der Waals surface area contributed by atoms with Crippen molar-refractivity contribution in [3.63, 3.8) is 0 Å². The second kappa shape index (κ2) is 4.61. The lowest BCUT2D eigenvalue weighted by atomic mass is 10.1. The van der Waals surface area contributed by atoms with Gasteiger partial charge < -0.3 is 5.11 Å². The summed E-state index contributed by atoms with van der Waals surface area (Å²) in [7, 11) is 0. The van der Waals surface area contributed by atoms with Gasteiger partial charge in [-0.15, -0.1) is 11.3 Å². The second-order valence-electron chi connectivity index (χ2n) is 3.51. The highest BCUT2D eigenvalue weighted by Crippen LogP contribution is 2.29. The Bertz CT molecular complexity index is 510. The standard InChI is InChI=1S/C11H11BrN2OS/c1-6-8(7(2)15)5-13-11(14-6)9-3-4-10(12)16-9/h3-5,7,15H,1-2H3. The molecule has 5 heteroatoms. The molecule has 2 heterocycles. The Hall–Kier alpha value is -0.780. The maximum atomic E-state index is 9.49. The number of rotatable bonds is 2. The Balaban J connectivity index is 2.42. The number of aliphatic hydroxyl groups is 1. The van der Waals surface area contributed by atoms with E-state index in [9.17, 15) is 5.11 Å². The van der Waals surface area contributed by atoms with E-state index in [0.717, 1.165) is 19.9 Å². The Morgan fingerprint density at radius 1 is 1.44 bits per heavy atom. The zero-order valence-corrected chi connectivity index (χ0v) is 11.3. The van der Waals surface area contributed by atoms with Gasteiger partial charge in [0, 0.05) is 17.5 Å². The Morgan fingerprint density at radius 3 is 2.69 bits per heavy atom. The van der Waals surface area contributed by atoms with Gasteiger partial charge in [-0.05, 0) is 41.9 Å². The summed E-state index contributed by atoms with van der Waals surface area (Å²) in [6, 6.07) is 3.95. The molecule has 0 fully saturated rings. The lowest BCUT2D eigenvalue weighted by Crippen LogP contribution is -2.00. The van der Waals surface area contributed by atoms with Crippen LogP contribution in [0.15, 0.2) is 22.1 Å². The lowest BCUT2D eigenvalue weighted by Gasteiger charge is -2.07. The van der Waals surface area contributed by atoms with Crippen molar-refractivity contribution in [3.05, 3.63) is 33.4 Å². The van der Waals surface area contributed by atoms with E-state index >= 15 is 0 Å². The van der Waals surface area contributed by atoms with Gasteiger partial charge in [-0.25, -0.2) is 9.97 Å². The molecule has 84 valence electrons. The van der Waals surface area contributed by atoms with Crippen molar-refractivity contribution in [2.75, 3.05) is 0 Å². The van der Waals surface area contributed by atoms with Gasteiger partial charge in [-0.3, -0.25) is 0 Å². The molecule has 0 aliphatic heterocycles. The van der Waals surface area contributed by atoms with Gasteiger partial charge in [0.15, 0.2) is 5.82 Å². The third kappa shape index (κ3) is 2.31. The highest BCUT2D eigenvalue weighted by molar-refractivity contribution is 9.11. The topological polar surface area (TPSA) is 46.0 Å². The van der Waals surface area contributed by atoms with Crippen LogP contribution in [-0.4, -0.2) is 15.1 Å². The normalized spacial score (nSPS) is 12.8. The molecule has 0 aliphatic rings. The number of thiophene rings is 1. The number of hydrogen-bond acceptors (Lipinski definition) is 4. The molecule has 0 saturated heterocycles. The molecule has 0 spiro atoms. The number of aliphatic hydroxyl groups excluding tert-OH is 1. The average molecular weight is 299 g/mol. The van der Waals surface area contributed by atoms with Crippen molar-refractivity contribution in [2.45, 2.75) is 20.0 Å². The third-order valence-electron chi connectivity index (χ3n) is 2.26. The second-order valence-corrected chi connectivity index (χ2v) is 5.98. The van der Waals surface area contributed by atoms with Crippen LogP contribution in [0.25, 0.3) is 10.7 Å². The van der Waals surface area contributed by atoms with Crippen LogP contribution in [0.1, 0.15) is 24.3 Å². The quantitative estimate of drug-likeness (QED) is 0.925. The predicted molar refractivity (Wildman–Crippen MR) is 68.4 cm³/mol. The molecular formula is C11H11BrN2OS. The van der Waals surface area contributed by atoms with Crippen LogP contribution in [0, 0.1) is 6.92 Å². The van der Waals surface area contributed by atoms with E-state index in [2.05, 4.69) is 25.9 Å². The summed E-state index contributed by atoms with van der Waals surface area (Å²) in [5, 5.41) is 9.49. The monoisotopic (exact) mass is 298 g/mol.